The molecule has 1 saturated carbocycles. The summed E-state index contributed by atoms with van der Waals surface area (Å²) in [6.07, 6.45) is 5.50. The Morgan fingerprint density at radius 1 is 1.12 bits per heavy atom. The summed E-state index contributed by atoms with van der Waals surface area (Å²) >= 11 is 1.53. The molecule has 0 spiro atoms. The van der Waals surface area contributed by atoms with Gasteiger partial charge in [-0.1, -0.05) is 31.0 Å². The fourth-order valence-corrected chi connectivity index (χ4v) is 5.02. The second kappa shape index (κ2) is 10.6. The highest BCUT2D eigenvalue weighted by Gasteiger charge is 2.37. The van der Waals surface area contributed by atoms with Crippen molar-refractivity contribution in [2.24, 2.45) is 0 Å². The third-order valence-corrected chi connectivity index (χ3v) is 6.75. The first kappa shape index (κ1) is 22.9. The fraction of sp³-hybridized carbons (Fsp3) is 0.360. The summed E-state index contributed by atoms with van der Waals surface area (Å²) in [5.74, 6) is 0.479. The molecule has 8 heteroatoms. The highest BCUT2D eigenvalue weighted by Crippen LogP contribution is 2.39. The Morgan fingerprint density at radius 2 is 1.94 bits per heavy atom. The zero-order valence-corrected chi connectivity index (χ0v) is 19.6. The minimum absolute atomic E-state index is 0.0962. The van der Waals surface area contributed by atoms with Crippen LogP contribution in [0, 0.1) is 0 Å². The van der Waals surface area contributed by atoms with E-state index in [0.717, 1.165) is 30.6 Å². The number of hydrogen-bond donors (Lipinski definition) is 1. The largest absolute Gasteiger partial charge is 0.493 e. The highest BCUT2D eigenvalue weighted by atomic mass is 32.1. The van der Waals surface area contributed by atoms with Crippen molar-refractivity contribution in [2.45, 2.75) is 44.3 Å². The molecule has 2 amide bonds. The number of nitrogens with zero attached hydrogens (tertiary/aromatic N) is 1. The van der Waals surface area contributed by atoms with Gasteiger partial charge in [0.05, 0.1) is 27.0 Å². The van der Waals surface area contributed by atoms with Crippen LogP contribution in [0.2, 0.25) is 0 Å². The van der Waals surface area contributed by atoms with Gasteiger partial charge in [0.25, 0.3) is 5.91 Å². The molecule has 0 aliphatic heterocycles. The van der Waals surface area contributed by atoms with E-state index in [1.807, 2.05) is 17.5 Å². The predicted octanol–water partition coefficient (Wildman–Crippen LogP) is 4.80. The molecule has 0 radical (unpaired) electrons. The van der Waals surface area contributed by atoms with Crippen molar-refractivity contribution in [1.29, 1.82) is 0 Å². The van der Waals surface area contributed by atoms with Gasteiger partial charge in [0.2, 0.25) is 5.91 Å². The monoisotopic (exact) mass is 468 g/mol. The molecular formula is C25H28N2O5S. The van der Waals surface area contributed by atoms with Gasteiger partial charge < -0.3 is 24.1 Å². The van der Waals surface area contributed by atoms with Gasteiger partial charge in [-0.2, -0.15) is 0 Å². The maximum absolute atomic E-state index is 13.8. The Balaban J connectivity index is 1.80. The Kier molecular flexibility index (Phi) is 7.34. The third-order valence-electron chi connectivity index (χ3n) is 5.89. The topological polar surface area (TPSA) is 81.0 Å². The first-order valence-electron chi connectivity index (χ1n) is 11.0. The fourth-order valence-electron chi connectivity index (χ4n) is 4.32. The molecule has 7 nitrogen and oxygen atoms in total. The summed E-state index contributed by atoms with van der Waals surface area (Å²) in [5, 5.41) is 5.12. The molecule has 33 heavy (non-hydrogen) atoms. The quantitative estimate of drug-likeness (QED) is 0.488. The van der Waals surface area contributed by atoms with Gasteiger partial charge in [-0.05, 0) is 42.5 Å². The van der Waals surface area contributed by atoms with Crippen LogP contribution in [0.3, 0.4) is 0 Å². The maximum Gasteiger partial charge on any atom is 0.290 e. The average Bonchev–Trinajstić information content (AvgIpc) is 3.62. The zero-order valence-electron chi connectivity index (χ0n) is 18.8. The number of ether oxygens (including phenoxy) is 2. The minimum atomic E-state index is -0.935. The van der Waals surface area contributed by atoms with E-state index in [4.69, 9.17) is 13.9 Å². The molecule has 3 aromatic rings. The molecule has 1 aromatic carbocycles. The van der Waals surface area contributed by atoms with E-state index in [-0.39, 0.29) is 30.2 Å². The molecule has 2 aromatic heterocycles. The van der Waals surface area contributed by atoms with Crippen molar-refractivity contribution in [1.82, 2.24) is 10.2 Å². The summed E-state index contributed by atoms with van der Waals surface area (Å²) in [6.45, 7) is 0.250. The normalized spacial score (nSPS) is 14.6. The van der Waals surface area contributed by atoms with Crippen LogP contribution in [0.15, 0.2) is 58.5 Å². The number of methoxy groups -OCH3 is 2. The van der Waals surface area contributed by atoms with Crippen LogP contribution in [-0.4, -0.2) is 37.0 Å². The van der Waals surface area contributed by atoms with Gasteiger partial charge in [-0.25, -0.2) is 0 Å². The van der Waals surface area contributed by atoms with E-state index in [2.05, 4.69) is 5.32 Å². The maximum atomic E-state index is 13.8. The van der Waals surface area contributed by atoms with Gasteiger partial charge in [0, 0.05) is 16.5 Å². The lowest BCUT2D eigenvalue weighted by atomic mass is 10.0. The van der Waals surface area contributed by atoms with E-state index in [0.29, 0.717) is 17.1 Å². The average molecular weight is 469 g/mol. The molecule has 0 saturated heterocycles. The predicted molar refractivity (Wildman–Crippen MR) is 126 cm³/mol. The third kappa shape index (κ3) is 5.06. The minimum Gasteiger partial charge on any atom is -0.493 e. The van der Waals surface area contributed by atoms with Gasteiger partial charge in [0.1, 0.15) is 6.04 Å². The summed E-state index contributed by atoms with van der Waals surface area (Å²) in [6, 6.07) is 11.7. The molecule has 1 fully saturated rings. The van der Waals surface area contributed by atoms with E-state index in [1.54, 1.807) is 42.3 Å². The van der Waals surface area contributed by atoms with Crippen LogP contribution in [-0.2, 0) is 11.3 Å². The number of carbonyl (C=O) groups is 2. The van der Waals surface area contributed by atoms with E-state index in [1.165, 1.54) is 24.7 Å². The number of furan rings is 1. The van der Waals surface area contributed by atoms with Crippen LogP contribution in [0.4, 0.5) is 0 Å². The molecular weight excluding hydrogens is 440 g/mol. The molecule has 0 bridgehead atoms. The first-order valence-corrected chi connectivity index (χ1v) is 11.9. The summed E-state index contributed by atoms with van der Waals surface area (Å²) in [4.78, 5) is 29.9. The van der Waals surface area contributed by atoms with Crippen molar-refractivity contribution >= 4 is 23.2 Å². The second-order valence-corrected chi connectivity index (χ2v) is 9.00. The van der Waals surface area contributed by atoms with Crippen LogP contribution in [0.5, 0.6) is 11.5 Å². The smallest absolute Gasteiger partial charge is 0.290 e. The molecule has 1 aliphatic carbocycles. The van der Waals surface area contributed by atoms with Crippen molar-refractivity contribution < 1.29 is 23.5 Å². The van der Waals surface area contributed by atoms with Crippen molar-refractivity contribution in [3.05, 3.63) is 70.3 Å². The highest BCUT2D eigenvalue weighted by molar-refractivity contribution is 7.09. The standard InChI is InChI=1S/C25H28N2O5S/c1-30-20-12-5-11-19(23(20)31-2)22(24(28)26-17-8-3-4-9-17)27(16-18-10-7-15-33-18)25(29)21-13-6-14-32-21/h5-7,10-15,17,22H,3-4,8-9,16H2,1-2H3,(H,26,28). The lowest BCUT2D eigenvalue weighted by Crippen LogP contribution is -2.45. The molecule has 2 heterocycles. The number of nitrogens with one attached hydrogen (secondary N) is 1. The molecule has 1 atom stereocenters. The number of benzene rings is 1. The number of amides is 2. The van der Waals surface area contributed by atoms with Crippen LogP contribution in [0.1, 0.15) is 52.7 Å². The molecule has 1 unspecified atom stereocenters. The van der Waals surface area contributed by atoms with Gasteiger partial charge in [-0.15, -0.1) is 11.3 Å². The number of rotatable bonds is 9. The molecule has 1 N–H and O–H groups in total. The number of para-hydroxylation sites is 1. The van der Waals surface area contributed by atoms with Crippen molar-refractivity contribution in [3.8, 4) is 11.5 Å². The Hall–Kier alpha value is -3.26. The van der Waals surface area contributed by atoms with Crippen LogP contribution in [0.25, 0.3) is 0 Å². The summed E-state index contributed by atoms with van der Waals surface area (Å²) in [5.41, 5.74) is 0.559. The Labute approximate surface area is 197 Å². The van der Waals surface area contributed by atoms with E-state index in [9.17, 15) is 9.59 Å². The van der Waals surface area contributed by atoms with E-state index < -0.39 is 6.04 Å². The van der Waals surface area contributed by atoms with Gasteiger partial charge in [0.15, 0.2) is 17.3 Å². The molecule has 1 aliphatic rings. The van der Waals surface area contributed by atoms with Crippen molar-refractivity contribution in [3.63, 3.8) is 0 Å². The van der Waals surface area contributed by atoms with Crippen LogP contribution >= 0.6 is 11.3 Å². The SMILES string of the molecule is COc1cccc(C(C(=O)NC2CCCC2)N(Cc2cccs2)C(=O)c2ccco2)c1OC. The number of carbonyl (C=O) groups excluding carboxylic acids is 2. The second-order valence-electron chi connectivity index (χ2n) is 7.96. The Morgan fingerprint density at radius 3 is 2.58 bits per heavy atom. The van der Waals surface area contributed by atoms with Gasteiger partial charge >= 0.3 is 0 Å². The number of thiophene rings is 1. The van der Waals surface area contributed by atoms with Crippen LogP contribution < -0.4 is 14.8 Å². The lowest BCUT2D eigenvalue weighted by molar-refractivity contribution is -0.126. The first-order chi connectivity index (χ1) is 16.1. The number of hydrogen-bond acceptors (Lipinski definition) is 6. The van der Waals surface area contributed by atoms with E-state index >= 15 is 0 Å². The zero-order chi connectivity index (χ0) is 23.2. The summed E-state index contributed by atoms with van der Waals surface area (Å²) in [7, 11) is 3.08. The van der Waals surface area contributed by atoms with Gasteiger partial charge in [-0.3, -0.25) is 9.59 Å². The molecule has 174 valence electrons. The lowest BCUT2D eigenvalue weighted by Gasteiger charge is -2.32. The van der Waals surface area contributed by atoms with Crippen molar-refractivity contribution in [2.75, 3.05) is 14.2 Å². The summed E-state index contributed by atoms with van der Waals surface area (Å²) < 4.78 is 16.6. The Bertz CT molecular complexity index is 1060. The molecule has 4 rings (SSSR count).